The number of carbonyl (C=O) groups is 1. The van der Waals surface area contributed by atoms with Gasteiger partial charge in [0.25, 0.3) is 5.91 Å². The maximum absolute atomic E-state index is 12.9. The van der Waals surface area contributed by atoms with E-state index < -0.39 is 18.6 Å². The van der Waals surface area contributed by atoms with E-state index in [-0.39, 0.29) is 18.9 Å². The maximum atomic E-state index is 12.9. The number of nitrogens with zero attached hydrogens (tertiary/aromatic N) is 3. The SMILES string of the molecule is Cn1ccnc1CN(CC(F)(F)F)C(=O)c1ccc2c(c1)OCO2. The molecule has 0 spiro atoms. The van der Waals surface area contributed by atoms with Crippen LogP contribution in [0.15, 0.2) is 30.6 Å². The van der Waals surface area contributed by atoms with Crippen LogP contribution >= 0.6 is 0 Å². The number of aromatic nitrogens is 2. The quantitative estimate of drug-likeness (QED) is 0.857. The molecule has 0 aliphatic carbocycles. The van der Waals surface area contributed by atoms with Gasteiger partial charge in [-0.05, 0) is 18.2 Å². The lowest BCUT2D eigenvalue weighted by molar-refractivity contribution is -0.141. The van der Waals surface area contributed by atoms with Crippen molar-refractivity contribution in [2.45, 2.75) is 12.7 Å². The summed E-state index contributed by atoms with van der Waals surface area (Å²) in [5.41, 5.74) is 0.0951. The number of alkyl halides is 3. The van der Waals surface area contributed by atoms with E-state index in [1.165, 1.54) is 24.4 Å². The number of halogens is 3. The van der Waals surface area contributed by atoms with Crippen molar-refractivity contribution in [2.75, 3.05) is 13.3 Å². The van der Waals surface area contributed by atoms with E-state index in [9.17, 15) is 18.0 Å². The first kappa shape index (κ1) is 16.2. The zero-order valence-corrected chi connectivity index (χ0v) is 12.7. The predicted molar refractivity (Wildman–Crippen MR) is 76.6 cm³/mol. The maximum Gasteiger partial charge on any atom is 0.406 e. The Morgan fingerprint density at radius 3 is 2.75 bits per heavy atom. The molecule has 1 aliphatic rings. The molecule has 0 atom stereocenters. The third-order valence-corrected chi connectivity index (χ3v) is 3.53. The molecule has 0 saturated heterocycles. The van der Waals surface area contributed by atoms with E-state index in [1.807, 2.05) is 0 Å². The standard InChI is InChI=1S/C15H14F3N3O3/c1-20-5-4-19-13(20)7-21(8-15(16,17)18)14(22)10-2-3-11-12(6-10)24-9-23-11/h2-6H,7-9H2,1H3. The van der Waals surface area contributed by atoms with Gasteiger partial charge in [0.1, 0.15) is 12.4 Å². The number of hydrogen-bond acceptors (Lipinski definition) is 4. The third kappa shape index (κ3) is 3.44. The highest BCUT2D eigenvalue weighted by atomic mass is 19.4. The third-order valence-electron chi connectivity index (χ3n) is 3.53. The first-order valence-electron chi connectivity index (χ1n) is 7.05. The summed E-state index contributed by atoms with van der Waals surface area (Å²) in [7, 11) is 1.65. The zero-order valence-electron chi connectivity index (χ0n) is 12.7. The largest absolute Gasteiger partial charge is 0.454 e. The highest BCUT2D eigenvalue weighted by molar-refractivity contribution is 5.95. The molecule has 2 aromatic rings. The first-order valence-corrected chi connectivity index (χ1v) is 7.05. The average molecular weight is 341 g/mol. The van der Waals surface area contributed by atoms with Crippen molar-refractivity contribution in [2.24, 2.45) is 7.05 Å². The Labute approximate surface area is 135 Å². The van der Waals surface area contributed by atoms with Crippen molar-refractivity contribution in [3.63, 3.8) is 0 Å². The summed E-state index contributed by atoms with van der Waals surface area (Å²) in [6, 6.07) is 4.30. The molecule has 24 heavy (non-hydrogen) atoms. The van der Waals surface area contributed by atoms with Gasteiger partial charge in [0.05, 0.1) is 6.54 Å². The van der Waals surface area contributed by atoms with Gasteiger partial charge in [0, 0.05) is 25.0 Å². The number of carbonyl (C=O) groups excluding carboxylic acids is 1. The number of fused-ring (bicyclic) bond motifs is 1. The molecule has 9 heteroatoms. The van der Waals surface area contributed by atoms with Crippen LogP contribution < -0.4 is 9.47 Å². The van der Waals surface area contributed by atoms with Crippen LogP contribution in [-0.4, -0.2) is 39.9 Å². The highest BCUT2D eigenvalue weighted by Gasteiger charge is 2.34. The molecule has 0 bridgehead atoms. The molecule has 1 aliphatic heterocycles. The monoisotopic (exact) mass is 341 g/mol. The Kier molecular flexibility index (Phi) is 4.08. The van der Waals surface area contributed by atoms with Gasteiger partial charge in [-0.15, -0.1) is 0 Å². The van der Waals surface area contributed by atoms with Crippen molar-refractivity contribution in [1.29, 1.82) is 0 Å². The Morgan fingerprint density at radius 2 is 2.08 bits per heavy atom. The lowest BCUT2D eigenvalue weighted by Crippen LogP contribution is -2.39. The van der Waals surface area contributed by atoms with Crippen LogP contribution in [0.1, 0.15) is 16.2 Å². The summed E-state index contributed by atoms with van der Waals surface area (Å²) in [5.74, 6) is 0.393. The Balaban J connectivity index is 1.86. The molecular weight excluding hydrogens is 327 g/mol. The summed E-state index contributed by atoms with van der Waals surface area (Å²) in [4.78, 5) is 17.2. The summed E-state index contributed by atoms with van der Waals surface area (Å²) < 4.78 is 50.5. The minimum absolute atomic E-state index is 0.0203. The number of hydrogen-bond donors (Lipinski definition) is 0. The van der Waals surface area contributed by atoms with Crippen LogP contribution in [-0.2, 0) is 13.6 Å². The molecule has 3 rings (SSSR count). The van der Waals surface area contributed by atoms with Crippen molar-refractivity contribution >= 4 is 5.91 Å². The molecule has 0 saturated carbocycles. The van der Waals surface area contributed by atoms with Crippen LogP contribution in [0.2, 0.25) is 0 Å². The lowest BCUT2D eigenvalue weighted by Gasteiger charge is -2.24. The first-order chi connectivity index (χ1) is 11.3. The summed E-state index contributed by atoms with van der Waals surface area (Å²) in [6.07, 6.45) is -1.45. The van der Waals surface area contributed by atoms with E-state index in [2.05, 4.69) is 4.98 Å². The van der Waals surface area contributed by atoms with Gasteiger partial charge in [-0.1, -0.05) is 0 Å². The molecule has 0 radical (unpaired) electrons. The molecule has 1 aromatic carbocycles. The van der Waals surface area contributed by atoms with Crippen LogP contribution in [0, 0.1) is 0 Å². The molecule has 1 aromatic heterocycles. The smallest absolute Gasteiger partial charge is 0.406 e. The second-order valence-corrected chi connectivity index (χ2v) is 5.30. The number of aryl methyl sites for hydroxylation is 1. The highest BCUT2D eigenvalue weighted by Crippen LogP contribution is 2.33. The van der Waals surface area contributed by atoms with E-state index in [0.29, 0.717) is 22.2 Å². The molecule has 0 unspecified atom stereocenters. The van der Waals surface area contributed by atoms with Gasteiger partial charge < -0.3 is 18.9 Å². The number of imidazole rings is 1. The predicted octanol–water partition coefficient (Wildman–Crippen LogP) is 2.35. The molecule has 6 nitrogen and oxygen atoms in total. The van der Waals surface area contributed by atoms with Gasteiger partial charge in [0.15, 0.2) is 11.5 Å². The fourth-order valence-corrected chi connectivity index (χ4v) is 2.35. The fraction of sp³-hybridized carbons (Fsp3) is 0.333. The van der Waals surface area contributed by atoms with Crippen molar-refractivity contribution in [1.82, 2.24) is 14.5 Å². The summed E-state index contributed by atoms with van der Waals surface area (Å²) in [5, 5.41) is 0. The molecule has 0 N–H and O–H groups in total. The second kappa shape index (κ2) is 6.06. The number of amides is 1. The van der Waals surface area contributed by atoms with Crippen LogP contribution in [0.4, 0.5) is 13.2 Å². The van der Waals surface area contributed by atoms with Crippen molar-refractivity contribution in [3.05, 3.63) is 42.0 Å². The normalized spacial score (nSPS) is 13.2. The van der Waals surface area contributed by atoms with Gasteiger partial charge in [-0.25, -0.2) is 4.98 Å². The summed E-state index contributed by atoms with van der Waals surface area (Å²) in [6.45, 7) is -1.60. The second-order valence-electron chi connectivity index (χ2n) is 5.30. The van der Waals surface area contributed by atoms with Crippen molar-refractivity contribution < 1.29 is 27.4 Å². The molecule has 128 valence electrons. The molecule has 0 fully saturated rings. The minimum atomic E-state index is -4.52. The van der Waals surface area contributed by atoms with Gasteiger partial charge in [-0.2, -0.15) is 13.2 Å². The average Bonchev–Trinajstić information content (AvgIpc) is 3.13. The molecule has 1 amide bonds. The molecule has 2 heterocycles. The Hall–Kier alpha value is -2.71. The van der Waals surface area contributed by atoms with E-state index in [4.69, 9.17) is 9.47 Å². The van der Waals surface area contributed by atoms with Crippen molar-refractivity contribution in [3.8, 4) is 11.5 Å². The van der Waals surface area contributed by atoms with Gasteiger partial charge >= 0.3 is 6.18 Å². The van der Waals surface area contributed by atoms with Crippen LogP contribution in [0.25, 0.3) is 0 Å². The lowest BCUT2D eigenvalue weighted by atomic mass is 10.1. The zero-order chi connectivity index (χ0) is 17.3. The number of benzene rings is 1. The fourth-order valence-electron chi connectivity index (χ4n) is 2.35. The Bertz CT molecular complexity index is 758. The van der Waals surface area contributed by atoms with Gasteiger partial charge in [0.2, 0.25) is 6.79 Å². The van der Waals surface area contributed by atoms with E-state index in [0.717, 1.165) is 0 Å². The van der Waals surface area contributed by atoms with Crippen LogP contribution in [0.5, 0.6) is 11.5 Å². The number of rotatable bonds is 4. The Morgan fingerprint density at radius 1 is 1.33 bits per heavy atom. The molecular formula is C15H14F3N3O3. The number of ether oxygens (including phenoxy) is 2. The van der Waals surface area contributed by atoms with E-state index in [1.54, 1.807) is 17.8 Å². The minimum Gasteiger partial charge on any atom is -0.454 e. The van der Waals surface area contributed by atoms with Crippen LogP contribution in [0.3, 0.4) is 0 Å². The van der Waals surface area contributed by atoms with E-state index >= 15 is 0 Å². The summed E-state index contributed by atoms with van der Waals surface area (Å²) >= 11 is 0. The van der Waals surface area contributed by atoms with Gasteiger partial charge in [-0.3, -0.25) is 4.79 Å². The topological polar surface area (TPSA) is 56.6 Å².